The molecule has 0 unspecified atom stereocenters. The van der Waals surface area contributed by atoms with E-state index in [0.717, 1.165) is 95.3 Å². The summed E-state index contributed by atoms with van der Waals surface area (Å²) in [5.41, 5.74) is 31.4. The van der Waals surface area contributed by atoms with Crippen LogP contribution in [0.5, 0.6) is 0 Å². The summed E-state index contributed by atoms with van der Waals surface area (Å²) >= 11 is 0. The van der Waals surface area contributed by atoms with Gasteiger partial charge in [0.15, 0.2) is 0 Å². The molecule has 2 nitrogen and oxygen atoms in total. The lowest BCUT2D eigenvalue weighted by Crippen LogP contribution is -2.61. The van der Waals surface area contributed by atoms with Crippen LogP contribution in [0.1, 0.15) is 52.7 Å². The Hall–Kier alpha value is -11.8. The molecule has 0 spiro atoms. The summed E-state index contributed by atoms with van der Waals surface area (Å²) in [6.45, 7) is 13.9. The first-order chi connectivity index (χ1) is 48.4. The van der Waals surface area contributed by atoms with Crippen LogP contribution in [0.25, 0.3) is 121 Å². The van der Waals surface area contributed by atoms with E-state index < -0.39 is 0 Å². The molecule has 16 aromatic carbocycles. The second kappa shape index (κ2) is 23.5. The van der Waals surface area contributed by atoms with Crippen LogP contribution in [0.15, 0.2) is 334 Å². The Balaban J connectivity index is 0.992. The van der Waals surface area contributed by atoms with Gasteiger partial charge in [-0.15, -0.1) is 0 Å². The molecule has 16 aromatic rings. The van der Waals surface area contributed by atoms with Crippen molar-refractivity contribution in [2.24, 2.45) is 0 Å². The quantitative estimate of drug-likeness (QED) is 0.0995. The van der Waals surface area contributed by atoms with Crippen molar-refractivity contribution in [3.63, 3.8) is 0 Å². The molecule has 0 amide bonds. The molecule has 0 aromatic heterocycles. The maximum atomic E-state index is 2.72. The van der Waals surface area contributed by atoms with E-state index in [1.165, 1.54) is 87.6 Å². The van der Waals surface area contributed by atoms with Gasteiger partial charge in [0.2, 0.25) is 0 Å². The van der Waals surface area contributed by atoms with Gasteiger partial charge in [-0.3, -0.25) is 0 Å². The summed E-state index contributed by atoms with van der Waals surface area (Å²) in [6.07, 6.45) is 0. The first-order valence-corrected chi connectivity index (χ1v) is 34.9. The molecular weight excluding hydrogens is 1190 g/mol. The molecular formula is C96H73BN2. The number of nitrogens with zero attached hydrogens (tertiary/aromatic N) is 2. The summed E-state index contributed by atoms with van der Waals surface area (Å²) in [5, 5.41) is 7.73. The highest BCUT2D eigenvalue weighted by atomic mass is 15.2. The van der Waals surface area contributed by atoms with Crippen LogP contribution in [0.4, 0.5) is 34.1 Å². The SMILES string of the molecule is CC(C)(C)c1cc2c3c(c1)N(c1c(-c4ccccc4)cc(-c4ccccc4)cc1-c1ccccc1)c1cc(-c4cc5ccc6cc(C(C)(C)C)cc7ccc(c4)c5c67)ccc1B3c1cc(-c3ccccc3)ccc1N2c1c(-c2ccccc2)cc(-c2ccccc2)cc1-c1ccccc1. The van der Waals surface area contributed by atoms with Gasteiger partial charge in [-0.1, -0.05) is 315 Å². The summed E-state index contributed by atoms with van der Waals surface area (Å²) in [7, 11) is 0. The maximum Gasteiger partial charge on any atom is 0.252 e. The average molecular weight is 1270 g/mol. The predicted octanol–water partition coefficient (Wildman–Crippen LogP) is 24.6. The Labute approximate surface area is 581 Å². The zero-order chi connectivity index (χ0) is 66.7. The van der Waals surface area contributed by atoms with Gasteiger partial charge >= 0.3 is 0 Å². The van der Waals surface area contributed by atoms with Gasteiger partial charge < -0.3 is 9.80 Å². The first-order valence-electron chi connectivity index (χ1n) is 34.9. The Morgan fingerprint density at radius 3 is 0.919 bits per heavy atom. The number of fused-ring (bicyclic) bond motifs is 4. The highest BCUT2D eigenvalue weighted by Gasteiger charge is 2.46. The molecule has 0 atom stereocenters. The molecule has 2 aliphatic heterocycles. The first kappa shape index (κ1) is 59.7. The van der Waals surface area contributed by atoms with Crippen molar-refractivity contribution in [3.05, 3.63) is 345 Å². The zero-order valence-corrected chi connectivity index (χ0v) is 56.7. The normalized spacial score (nSPS) is 12.7. The number of benzene rings is 16. The van der Waals surface area contributed by atoms with Crippen LogP contribution in [0, 0.1) is 0 Å². The van der Waals surface area contributed by atoms with Crippen LogP contribution in [-0.2, 0) is 10.8 Å². The minimum Gasteiger partial charge on any atom is -0.310 e. The summed E-state index contributed by atoms with van der Waals surface area (Å²) < 4.78 is 0. The standard InChI is InChI=1S/C96H73BN2/c1-95(2,3)78-52-73-44-42-71-50-75(51-72-43-45-74(53-78)91(73)90(71)72)70-46-48-84-87(59-70)99(94-82(67-38-24-12-25-39-67)56-77(64-32-18-9-19-33-64)57-83(94)68-40-26-13-27-41-68)89-61-79(96(4,5)6)60-88-92(89)97(84)85-58-69(62-28-14-7-15-29-62)47-49-86(85)98(88)93-80(65-34-20-10-21-35-65)54-76(63-30-16-8-17-31-63)55-81(93)66-36-22-11-23-37-66/h7-61H,1-6H3. The molecule has 0 fully saturated rings. The van der Waals surface area contributed by atoms with Crippen molar-refractivity contribution < 1.29 is 0 Å². The van der Waals surface area contributed by atoms with Crippen molar-refractivity contribution in [1.29, 1.82) is 0 Å². The molecule has 3 heteroatoms. The second-order valence-corrected chi connectivity index (χ2v) is 29.2. The highest BCUT2D eigenvalue weighted by Crippen LogP contribution is 2.56. The minimum atomic E-state index is -0.306. The number of hydrogen-bond acceptors (Lipinski definition) is 2. The molecule has 2 aliphatic rings. The highest BCUT2D eigenvalue weighted by molar-refractivity contribution is 7.00. The predicted molar refractivity (Wildman–Crippen MR) is 425 cm³/mol. The summed E-state index contributed by atoms with van der Waals surface area (Å²) in [4.78, 5) is 5.41. The maximum absolute atomic E-state index is 2.72. The van der Waals surface area contributed by atoms with Crippen molar-refractivity contribution in [2.75, 3.05) is 9.80 Å². The second-order valence-electron chi connectivity index (χ2n) is 29.2. The van der Waals surface area contributed by atoms with Crippen molar-refractivity contribution in [2.45, 2.75) is 52.4 Å². The van der Waals surface area contributed by atoms with Crippen molar-refractivity contribution >= 4 is 89.5 Å². The fourth-order valence-corrected chi connectivity index (χ4v) is 16.0. The largest absolute Gasteiger partial charge is 0.310 e. The molecule has 18 rings (SSSR count). The van der Waals surface area contributed by atoms with Crippen LogP contribution in [0.3, 0.4) is 0 Å². The topological polar surface area (TPSA) is 6.48 Å². The monoisotopic (exact) mass is 1260 g/mol. The van der Waals surface area contributed by atoms with E-state index in [9.17, 15) is 0 Å². The van der Waals surface area contributed by atoms with Crippen LogP contribution in [-0.4, -0.2) is 6.71 Å². The number of rotatable bonds is 10. The van der Waals surface area contributed by atoms with Crippen LogP contribution >= 0.6 is 0 Å². The van der Waals surface area contributed by atoms with E-state index in [2.05, 4.69) is 385 Å². The van der Waals surface area contributed by atoms with Crippen molar-refractivity contribution in [3.8, 4) is 89.0 Å². The molecule has 0 N–H and O–H groups in total. The van der Waals surface area contributed by atoms with Gasteiger partial charge in [0.1, 0.15) is 0 Å². The van der Waals surface area contributed by atoms with E-state index >= 15 is 0 Å². The van der Waals surface area contributed by atoms with E-state index in [4.69, 9.17) is 0 Å². The Morgan fingerprint density at radius 1 is 0.222 bits per heavy atom. The van der Waals surface area contributed by atoms with Gasteiger partial charge in [-0.05, 0) is 198 Å². The summed E-state index contributed by atoms with van der Waals surface area (Å²) in [6, 6.07) is 126. The number of anilines is 6. The van der Waals surface area contributed by atoms with E-state index in [0.29, 0.717) is 0 Å². The lowest BCUT2D eigenvalue weighted by Gasteiger charge is -2.46. The van der Waals surface area contributed by atoms with Crippen LogP contribution < -0.4 is 26.2 Å². The Morgan fingerprint density at radius 2 is 0.535 bits per heavy atom. The molecule has 470 valence electrons. The Bertz CT molecular complexity index is 5590. The van der Waals surface area contributed by atoms with E-state index in [-0.39, 0.29) is 17.5 Å². The molecule has 0 aliphatic carbocycles. The molecule has 99 heavy (non-hydrogen) atoms. The third-order valence-corrected chi connectivity index (χ3v) is 21.0. The van der Waals surface area contributed by atoms with E-state index in [1.807, 2.05) is 0 Å². The lowest BCUT2D eigenvalue weighted by molar-refractivity contribution is 0.590. The molecule has 2 heterocycles. The molecule has 0 saturated heterocycles. The van der Waals surface area contributed by atoms with Gasteiger partial charge in [-0.25, -0.2) is 0 Å². The van der Waals surface area contributed by atoms with Gasteiger partial charge in [0.05, 0.1) is 11.4 Å². The van der Waals surface area contributed by atoms with Gasteiger partial charge in [-0.2, -0.15) is 0 Å². The molecule has 0 bridgehead atoms. The molecule has 0 radical (unpaired) electrons. The minimum absolute atomic E-state index is 0.0260. The third-order valence-electron chi connectivity index (χ3n) is 21.0. The fraction of sp³-hybridized carbons (Fsp3) is 0.0833. The lowest BCUT2D eigenvalue weighted by atomic mass is 9.33. The van der Waals surface area contributed by atoms with E-state index in [1.54, 1.807) is 0 Å². The average Bonchev–Trinajstić information content (AvgIpc) is 0.688. The zero-order valence-electron chi connectivity index (χ0n) is 56.7. The Kier molecular flexibility index (Phi) is 14.2. The van der Waals surface area contributed by atoms with Gasteiger partial charge in [0.25, 0.3) is 6.71 Å². The van der Waals surface area contributed by atoms with Crippen molar-refractivity contribution in [1.82, 2.24) is 0 Å². The third kappa shape index (κ3) is 10.3. The smallest absolute Gasteiger partial charge is 0.252 e. The molecule has 0 saturated carbocycles. The van der Waals surface area contributed by atoms with Crippen LogP contribution in [0.2, 0.25) is 0 Å². The fourth-order valence-electron chi connectivity index (χ4n) is 16.0. The summed E-state index contributed by atoms with van der Waals surface area (Å²) in [5.74, 6) is 0. The van der Waals surface area contributed by atoms with Gasteiger partial charge in [0, 0.05) is 45.0 Å². The number of hydrogen-bond donors (Lipinski definition) is 0.